The van der Waals surface area contributed by atoms with E-state index in [0.29, 0.717) is 11.7 Å². The summed E-state index contributed by atoms with van der Waals surface area (Å²) in [7, 11) is 0.262. The van der Waals surface area contributed by atoms with Crippen LogP contribution in [-0.2, 0) is 20.3 Å². The molecule has 0 aliphatic rings. The van der Waals surface area contributed by atoms with Crippen LogP contribution in [0, 0.1) is 5.92 Å². The fourth-order valence-electron chi connectivity index (χ4n) is 0.630. The van der Waals surface area contributed by atoms with Gasteiger partial charge >= 0.3 is 5.97 Å². The van der Waals surface area contributed by atoms with Crippen molar-refractivity contribution in [3.8, 4) is 0 Å². The molecule has 0 fully saturated rings. The molecular weight excluding hydrogens is 176 g/mol. The summed E-state index contributed by atoms with van der Waals surface area (Å²) in [6.45, 7) is 4.13. The van der Waals surface area contributed by atoms with Gasteiger partial charge < -0.3 is 4.74 Å². The first-order valence-electron chi connectivity index (χ1n) is 3.98. The van der Waals surface area contributed by atoms with Gasteiger partial charge in [0.1, 0.15) is 5.75 Å². The van der Waals surface area contributed by atoms with E-state index in [9.17, 15) is 9.00 Å². The van der Waals surface area contributed by atoms with Crippen molar-refractivity contribution < 1.29 is 13.7 Å². The third kappa shape index (κ3) is 6.34. The van der Waals surface area contributed by atoms with E-state index in [-0.39, 0.29) is 5.75 Å². The highest BCUT2D eigenvalue weighted by Crippen LogP contribution is 2.00. The summed E-state index contributed by atoms with van der Waals surface area (Å²) in [5.74, 6) is 0.763. The smallest absolute Gasteiger partial charge is 0.318 e. The maximum absolute atomic E-state index is 11.1. The molecule has 0 N–H and O–H groups in total. The minimum Gasteiger partial charge on any atom is -0.468 e. The van der Waals surface area contributed by atoms with Gasteiger partial charge in [-0.25, -0.2) is 0 Å². The van der Waals surface area contributed by atoms with Crippen LogP contribution in [0.15, 0.2) is 0 Å². The number of hydrogen-bond donors (Lipinski definition) is 0. The van der Waals surface area contributed by atoms with Crippen molar-refractivity contribution in [3.05, 3.63) is 0 Å². The number of carbonyl (C=O) groups excluding carboxylic acids is 1. The van der Waals surface area contributed by atoms with Crippen molar-refractivity contribution >= 4 is 16.8 Å². The summed E-state index contributed by atoms with van der Waals surface area (Å²) < 4.78 is 15.5. The predicted molar refractivity (Wildman–Crippen MR) is 49.3 cm³/mol. The highest BCUT2D eigenvalue weighted by atomic mass is 32.2. The highest BCUT2D eigenvalue weighted by molar-refractivity contribution is 7.85. The number of hydrogen-bond acceptors (Lipinski definition) is 3. The van der Waals surface area contributed by atoms with Gasteiger partial charge in [0.25, 0.3) is 0 Å². The standard InChI is InChI=1S/C8H16O3S/c1-7(2)4-5-12(10)6-8(9)11-3/h7H,4-6H2,1-3H3. The Kier molecular flexibility index (Phi) is 5.98. The zero-order chi connectivity index (χ0) is 9.56. The van der Waals surface area contributed by atoms with E-state index < -0.39 is 16.8 Å². The molecule has 1 unspecified atom stereocenters. The Labute approximate surface area is 75.9 Å². The van der Waals surface area contributed by atoms with Crippen molar-refractivity contribution in [2.24, 2.45) is 5.92 Å². The molecule has 0 bridgehead atoms. The van der Waals surface area contributed by atoms with E-state index in [2.05, 4.69) is 18.6 Å². The predicted octanol–water partition coefficient (Wildman–Crippen LogP) is 0.954. The average Bonchev–Trinajstić information content (AvgIpc) is 2.00. The fraction of sp³-hybridized carbons (Fsp3) is 0.875. The van der Waals surface area contributed by atoms with E-state index in [4.69, 9.17) is 0 Å². The summed E-state index contributed by atoms with van der Waals surface area (Å²) in [6, 6.07) is 0. The summed E-state index contributed by atoms with van der Waals surface area (Å²) in [5.41, 5.74) is 0. The van der Waals surface area contributed by atoms with Crippen molar-refractivity contribution in [1.29, 1.82) is 0 Å². The SMILES string of the molecule is COC(=O)CS(=O)CCC(C)C. The molecule has 72 valence electrons. The number of esters is 1. The lowest BCUT2D eigenvalue weighted by molar-refractivity contribution is -0.137. The normalized spacial score (nSPS) is 13.0. The van der Waals surface area contributed by atoms with Gasteiger partial charge in [0, 0.05) is 16.6 Å². The van der Waals surface area contributed by atoms with Gasteiger partial charge in [-0.15, -0.1) is 0 Å². The summed E-state index contributed by atoms with van der Waals surface area (Å²) >= 11 is 0. The molecule has 4 heteroatoms. The molecule has 0 amide bonds. The van der Waals surface area contributed by atoms with Gasteiger partial charge in [0.05, 0.1) is 7.11 Å². The third-order valence-corrected chi connectivity index (χ3v) is 2.68. The first-order valence-corrected chi connectivity index (χ1v) is 5.47. The highest BCUT2D eigenvalue weighted by Gasteiger charge is 2.07. The zero-order valence-corrected chi connectivity index (χ0v) is 8.65. The first kappa shape index (κ1) is 11.6. The molecule has 0 rings (SSSR count). The van der Waals surface area contributed by atoms with E-state index in [1.807, 2.05) is 0 Å². The fourth-order valence-corrected chi connectivity index (χ4v) is 1.89. The van der Waals surface area contributed by atoms with E-state index in [0.717, 1.165) is 6.42 Å². The number of ether oxygens (including phenoxy) is 1. The Hall–Kier alpha value is -0.380. The monoisotopic (exact) mass is 192 g/mol. The Morgan fingerprint density at radius 2 is 2.08 bits per heavy atom. The van der Waals surface area contributed by atoms with Crippen LogP contribution in [0.25, 0.3) is 0 Å². The Morgan fingerprint density at radius 1 is 1.50 bits per heavy atom. The quantitative estimate of drug-likeness (QED) is 0.609. The van der Waals surface area contributed by atoms with Crippen LogP contribution in [0.4, 0.5) is 0 Å². The molecule has 0 saturated carbocycles. The van der Waals surface area contributed by atoms with Crippen molar-refractivity contribution in [1.82, 2.24) is 0 Å². The van der Waals surface area contributed by atoms with Gasteiger partial charge in [0.2, 0.25) is 0 Å². The molecule has 12 heavy (non-hydrogen) atoms. The lowest BCUT2D eigenvalue weighted by Gasteiger charge is -2.03. The number of carbonyl (C=O) groups is 1. The van der Waals surface area contributed by atoms with Crippen LogP contribution in [0.1, 0.15) is 20.3 Å². The molecule has 0 aromatic heterocycles. The molecule has 0 aliphatic carbocycles. The first-order chi connectivity index (χ1) is 5.56. The lowest BCUT2D eigenvalue weighted by atomic mass is 10.2. The molecule has 0 aromatic carbocycles. The van der Waals surface area contributed by atoms with Gasteiger partial charge in [-0.3, -0.25) is 9.00 Å². The van der Waals surface area contributed by atoms with Crippen LogP contribution in [-0.4, -0.2) is 28.8 Å². The topological polar surface area (TPSA) is 43.4 Å². The van der Waals surface area contributed by atoms with Crippen LogP contribution >= 0.6 is 0 Å². The third-order valence-electron chi connectivity index (χ3n) is 1.43. The van der Waals surface area contributed by atoms with Crippen LogP contribution in [0.2, 0.25) is 0 Å². The van der Waals surface area contributed by atoms with Crippen molar-refractivity contribution in [3.63, 3.8) is 0 Å². The van der Waals surface area contributed by atoms with Gasteiger partial charge in [-0.1, -0.05) is 13.8 Å². The molecule has 3 nitrogen and oxygen atoms in total. The molecular formula is C8H16O3S. The molecule has 1 atom stereocenters. The minimum absolute atomic E-state index is 0.0310. The molecule has 0 radical (unpaired) electrons. The van der Waals surface area contributed by atoms with E-state index in [1.54, 1.807) is 0 Å². The van der Waals surface area contributed by atoms with Crippen LogP contribution in [0.3, 0.4) is 0 Å². The molecule has 0 heterocycles. The van der Waals surface area contributed by atoms with Crippen LogP contribution in [0.5, 0.6) is 0 Å². The Balaban J connectivity index is 3.53. The second-order valence-corrected chi connectivity index (χ2v) is 4.62. The average molecular weight is 192 g/mol. The number of rotatable bonds is 5. The molecule has 0 aliphatic heterocycles. The van der Waals surface area contributed by atoms with E-state index in [1.165, 1.54) is 7.11 Å². The van der Waals surface area contributed by atoms with Crippen molar-refractivity contribution in [2.45, 2.75) is 20.3 Å². The molecule has 0 saturated heterocycles. The maximum atomic E-state index is 11.1. The second kappa shape index (κ2) is 6.17. The summed E-state index contributed by atoms with van der Waals surface area (Å²) in [6.07, 6.45) is 0.892. The molecule has 0 spiro atoms. The van der Waals surface area contributed by atoms with Gasteiger partial charge in [-0.2, -0.15) is 0 Å². The van der Waals surface area contributed by atoms with E-state index >= 15 is 0 Å². The largest absolute Gasteiger partial charge is 0.468 e. The Morgan fingerprint density at radius 3 is 2.50 bits per heavy atom. The molecule has 0 aromatic rings. The van der Waals surface area contributed by atoms with Gasteiger partial charge in [0.15, 0.2) is 0 Å². The number of methoxy groups -OCH3 is 1. The summed E-state index contributed by atoms with van der Waals surface area (Å²) in [5, 5.41) is 0. The van der Waals surface area contributed by atoms with Gasteiger partial charge in [-0.05, 0) is 12.3 Å². The summed E-state index contributed by atoms with van der Waals surface area (Å²) in [4.78, 5) is 10.7. The Bertz CT molecular complexity index is 166. The van der Waals surface area contributed by atoms with Crippen molar-refractivity contribution in [2.75, 3.05) is 18.6 Å². The second-order valence-electron chi connectivity index (χ2n) is 3.05. The lowest BCUT2D eigenvalue weighted by Crippen LogP contribution is -2.15. The maximum Gasteiger partial charge on any atom is 0.318 e. The van der Waals surface area contributed by atoms with Crippen LogP contribution < -0.4 is 0 Å². The minimum atomic E-state index is -1.05. The zero-order valence-electron chi connectivity index (χ0n) is 7.83.